The van der Waals surface area contributed by atoms with Crippen LogP contribution in [0.4, 0.5) is 0 Å². The van der Waals surface area contributed by atoms with E-state index in [0.29, 0.717) is 0 Å². The Kier molecular flexibility index (Phi) is 19.1. The van der Waals surface area contributed by atoms with Gasteiger partial charge in [-0.25, -0.2) is 0 Å². The van der Waals surface area contributed by atoms with E-state index in [-0.39, 0.29) is 5.54 Å². The molecule has 0 aromatic rings. The molecule has 144 valence electrons. The molecule has 5 heteroatoms. The van der Waals surface area contributed by atoms with Crippen molar-refractivity contribution >= 4 is 25.5 Å². The smallest absolute Gasteiger partial charge is 0.305 e. The van der Waals surface area contributed by atoms with Gasteiger partial charge >= 0.3 is 5.97 Å². The van der Waals surface area contributed by atoms with Crippen molar-refractivity contribution in [1.29, 1.82) is 0 Å². The third-order valence-corrected chi connectivity index (χ3v) is 8.51. The van der Waals surface area contributed by atoms with Gasteiger partial charge in [0.05, 0.1) is 5.54 Å². The zero-order valence-corrected chi connectivity index (χ0v) is 19.2. The van der Waals surface area contributed by atoms with Gasteiger partial charge in [0, 0.05) is 0 Å². The van der Waals surface area contributed by atoms with Crippen LogP contribution in [-0.4, -0.2) is 30.6 Å². The average Bonchev–Trinajstić information content (AvgIpc) is 2.57. The topological polar surface area (TPSA) is 46.5 Å². The average molecular weight is 375 g/mol. The van der Waals surface area contributed by atoms with Crippen molar-refractivity contribution in [2.45, 2.75) is 115 Å². The van der Waals surface area contributed by atoms with Crippen LogP contribution in [0.25, 0.3) is 0 Å². The first-order valence-corrected chi connectivity index (χ1v) is 13.9. The highest BCUT2D eigenvalue weighted by Crippen LogP contribution is 2.17. The van der Waals surface area contributed by atoms with Gasteiger partial charge in [0.15, 0.2) is 9.76 Å². The molecule has 0 radical (unpaired) electrons. The molecule has 1 N–H and O–H groups in total. The first-order chi connectivity index (χ1) is 11.7. The van der Waals surface area contributed by atoms with Gasteiger partial charge < -0.3 is 9.22 Å². The molecule has 0 fully saturated rings. The maximum absolute atomic E-state index is 11.1. The predicted octanol–water partition coefficient (Wildman–Crippen LogP) is 4.96. The summed E-state index contributed by atoms with van der Waals surface area (Å²) in [5.74, 6) is -0.626. The molecule has 0 aliphatic rings. The molecule has 0 saturated carbocycles. The molecule has 0 saturated heterocycles. The summed E-state index contributed by atoms with van der Waals surface area (Å²) in [5, 5.41) is 9.17. The zero-order chi connectivity index (χ0) is 17.9. The summed E-state index contributed by atoms with van der Waals surface area (Å²) in [4.78, 5) is 11.1. The molecule has 0 aliphatic carbocycles. The van der Waals surface area contributed by atoms with Gasteiger partial charge in [-0.3, -0.25) is 4.79 Å². The first-order valence-electron chi connectivity index (χ1n) is 10.5. The molecule has 0 amide bonds. The number of carboxylic acids is 1. The normalized spacial score (nSPS) is 13.4. The first kappa shape index (κ1) is 23.9. The van der Waals surface area contributed by atoms with Gasteiger partial charge in [0.2, 0.25) is 0 Å². The highest BCUT2D eigenvalue weighted by atomic mass is 28.3. The van der Waals surface area contributed by atoms with Gasteiger partial charge in [-0.05, 0) is 6.42 Å². The van der Waals surface area contributed by atoms with Crippen LogP contribution < -0.4 is 0 Å². The van der Waals surface area contributed by atoms with Crippen molar-refractivity contribution in [3.63, 3.8) is 0 Å². The zero-order valence-electron chi connectivity index (χ0n) is 16.4. The Morgan fingerprint density at radius 2 is 1.25 bits per heavy atom. The fourth-order valence-electron chi connectivity index (χ4n) is 3.12. The van der Waals surface area contributed by atoms with Crippen LogP contribution in [0.3, 0.4) is 0 Å². The van der Waals surface area contributed by atoms with Crippen molar-refractivity contribution < 1.29 is 14.0 Å². The Labute approximate surface area is 155 Å². The van der Waals surface area contributed by atoms with E-state index in [2.05, 4.69) is 13.5 Å². The van der Waals surface area contributed by atoms with E-state index >= 15 is 0 Å². The second-order valence-corrected chi connectivity index (χ2v) is 10.6. The maximum Gasteiger partial charge on any atom is 0.305 e. The van der Waals surface area contributed by atoms with Crippen LogP contribution in [0.15, 0.2) is 0 Å². The summed E-state index contributed by atoms with van der Waals surface area (Å²) in [6, 6.07) is 0. The standard InChI is InChI=1S/C19H42O3Si2/c1-3-4-5-6-7-8-9-10-11-12-13-14-15-16-17-18(19(20)21)24-22-23-2/h18H,3-17,23-24H2,1-2H3,(H,20,21). The Morgan fingerprint density at radius 1 is 0.833 bits per heavy atom. The number of hydrogen-bond acceptors (Lipinski definition) is 2. The third kappa shape index (κ3) is 16.7. The lowest BCUT2D eigenvalue weighted by Gasteiger charge is -2.11. The summed E-state index contributed by atoms with van der Waals surface area (Å²) < 4.78 is 5.52. The number of carboxylic acid groups (broad SMARTS) is 1. The van der Waals surface area contributed by atoms with Crippen molar-refractivity contribution in [3.8, 4) is 0 Å². The molecule has 0 aliphatic heterocycles. The van der Waals surface area contributed by atoms with Crippen molar-refractivity contribution in [2.75, 3.05) is 0 Å². The predicted molar refractivity (Wildman–Crippen MR) is 110 cm³/mol. The monoisotopic (exact) mass is 374 g/mol. The maximum atomic E-state index is 11.1. The molecule has 0 rings (SSSR count). The number of carbonyl (C=O) groups is 1. The van der Waals surface area contributed by atoms with Crippen LogP contribution in [-0.2, 0) is 8.91 Å². The van der Waals surface area contributed by atoms with Gasteiger partial charge in [-0.2, -0.15) is 0 Å². The molecule has 24 heavy (non-hydrogen) atoms. The SMILES string of the molecule is CCCCCCCCCCCCCCCCC([SiH2]O[SiH2]C)C(=O)O. The highest BCUT2D eigenvalue weighted by Gasteiger charge is 2.17. The number of aliphatic carboxylic acids is 1. The van der Waals surface area contributed by atoms with E-state index in [4.69, 9.17) is 4.12 Å². The van der Waals surface area contributed by atoms with E-state index in [9.17, 15) is 9.90 Å². The largest absolute Gasteiger partial charge is 0.481 e. The second-order valence-electron chi connectivity index (χ2n) is 7.08. The van der Waals surface area contributed by atoms with E-state index < -0.39 is 25.5 Å². The molecule has 0 aromatic heterocycles. The van der Waals surface area contributed by atoms with E-state index in [1.54, 1.807) is 0 Å². The summed E-state index contributed by atoms with van der Waals surface area (Å²) in [6.45, 7) is 4.35. The molecular weight excluding hydrogens is 332 g/mol. The van der Waals surface area contributed by atoms with Crippen LogP contribution in [0.1, 0.15) is 103 Å². The van der Waals surface area contributed by atoms with E-state index in [1.807, 2.05) is 0 Å². The quantitative estimate of drug-likeness (QED) is 0.257. The minimum Gasteiger partial charge on any atom is -0.481 e. The Hall–Kier alpha value is -0.136. The lowest BCUT2D eigenvalue weighted by atomic mass is 10.0. The van der Waals surface area contributed by atoms with Gasteiger partial charge in [0.25, 0.3) is 0 Å². The van der Waals surface area contributed by atoms with Crippen molar-refractivity contribution in [1.82, 2.24) is 0 Å². The molecule has 1 atom stereocenters. The fraction of sp³-hybridized carbons (Fsp3) is 0.947. The van der Waals surface area contributed by atoms with Gasteiger partial charge in [-0.1, -0.05) is 103 Å². The summed E-state index contributed by atoms with van der Waals surface area (Å²) in [5.41, 5.74) is -0.144. The molecule has 0 spiro atoms. The van der Waals surface area contributed by atoms with Gasteiger partial charge in [-0.15, -0.1) is 0 Å². The van der Waals surface area contributed by atoms with Crippen molar-refractivity contribution in [2.24, 2.45) is 0 Å². The summed E-state index contributed by atoms with van der Waals surface area (Å²) >= 11 is 0. The van der Waals surface area contributed by atoms with E-state index in [0.717, 1.165) is 12.8 Å². The summed E-state index contributed by atoms with van der Waals surface area (Å²) in [7, 11) is -1.24. The highest BCUT2D eigenvalue weighted by molar-refractivity contribution is 6.46. The van der Waals surface area contributed by atoms with E-state index in [1.165, 1.54) is 83.5 Å². The fourth-order valence-corrected chi connectivity index (χ4v) is 5.80. The van der Waals surface area contributed by atoms with Gasteiger partial charge in [0.1, 0.15) is 9.76 Å². The molecule has 1 unspecified atom stereocenters. The lowest BCUT2D eigenvalue weighted by molar-refractivity contribution is -0.137. The number of unbranched alkanes of at least 4 members (excludes halogenated alkanes) is 13. The second kappa shape index (κ2) is 19.2. The molecular formula is C19H42O3Si2. The van der Waals surface area contributed by atoms with Crippen molar-refractivity contribution in [3.05, 3.63) is 0 Å². The minimum absolute atomic E-state index is 0.144. The van der Waals surface area contributed by atoms with Crippen LogP contribution >= 0.6 is 0 Å². The molecule has 0 bridgehead atoms. The summed E-state index contributed by atoms with van der Waals surface area (Å²) in [6.07, 6.45) is 19.7. The Bertz CT molecular complexity index is 275. The lowest BCUT2D eigenvalue weighted by Crippen LogP contribution is -2.18. The minimum atomic E-state index is -0.823. The van der Waals surface area contributed by atoms with Crippen LogP contribution in [0.2, 0.25) is 12.1 Å². The molecule has 0 heterocycles. The number of rotatable bonds is 19. The Morgan fingerprint density at radius 3 is 1.62 bits per heavy atom. The molecule has 0 aromatic carbocycles. The third-order valence-electron chi connectivity index (χ3n) is 4.78. The Balaban J connectivity index is 3.25. The number of hydrogen-bond donors (Lipinski definition) is 1. The van der Waals surface area contributed by atoms with Crippen LogP contribution in [0, 0.1) is 0 Å². The molecule has 3 nitrogen and oxygen atoms in total. The van der Waals surface area contributed by atoms with Crippen LogP contribution in [0.5, 0.6) is 0 Å².